The number of alkyl halides is 10. The monoisotopic (exact) mass is 492 g/mol. The molecule has 2 atom stereocenters. The highest BCUT2D eigenvalue weighted by Gasteiger charge is 2.81. The van der Waals surface area contributed by atoms with E-state index in [9.17, 15) is 61.9 Å². The summed E-state index contributed by atoms with van der Waals surface area (Å²) in [6, 6.07) is -3.94. The minimum atomic E-state index is -7.27. The van der Waals surface area contributed by atoms with Gasteiger partial charge >= 0.3 is 48.2 Å². The van der Waals surface area contributed by atoms with Gasteiger partial charge in [-0.1, -0.05) is 13.2 Å². The first kappa shape index (κ1) is 30.5. The first-order chi connectivity index (χ1) is 13.7. The van der Waals surface area contributed by atoms with Gasteiger partial charge in [0.05, 0.1) is 19.6 Å². The quantitative estimate of drug-likeness (QED) is 0.252. The van der Waals surface area contributed by atoms with Gasteiger partial charge in [-0.3, -0.25) is 4.74 Å². The first-order valence-corrected chi connectivity index (χ1v) is 6.63. The second kappa shape index (κ2) is 10.6. The lowest BCUT2D eigenvalue weighted by molar-refractivity contribution is -0.494. The van der Waals surface area contributed by atoms with E-state index < -0.39 is 48.2 Å². The van der Waals surface area contributed by atoms with Crippen LogP contribution in [0.25, 0.3) is 0 Å². The summed E-state index contributed by atoms with van der Waals surface area (Å²) in [5.41, 5.74) is 0. The molecule has 0 fully saturated rings. The van der Waals surface area contributed by atoms with E-state index in [1.54, 1.807) is 0 Å². The lowest BCUT2D eigenvalue weighted by Crippen LogP contribution is -2.64. The lowest BCUT2D eigenvalue weighted by Gasteiger charge is -2.36. The minimum absolute atomic E-state index is 0.0618. The van der Waals surface area contributed by atoms with Crippen LogP contribution >= 0.6 is 0 Å². The zero-order valence-corrected chi connectivity index (χ0v) is 14.5. The van der Waals surface area contributed by atoms with E-state index in [0.717, 1.165) is 0 Å². The number of hydrogen-bond donors (Lipinski definition) is 0. The molecule has 0 saturated heterocycles. The summed E-state index contributed by atoms with van der Waals surface area (Å²) in [7, 11) is -0.0618. The van der Waals surface area contributed by atoms with E-state index in [2.05, 4.69) is 22.6 Å². The maximum absolute atomic E-state index is 13.5. The Kier molecular flexibility index (Phi) is 10.4. The summed E-state index contributed by atoms with van der Waals surface area (Å²) in [5, 5.41) is 0. The largest absolute Gasteiger partial charge is 0.474 e. The number of hydrogen-bond acceptors (Lipinski definition) is 5. The third kappa shape index (κ3) is 7.21. The van der Waals surface area contributed by atoms with Crippen molar-refractivity contribution in [1.82, 2.24) is 0 Å². The first-order valence-electron chi connectivity index (χ1n) is 6.63. The van der Waals surface area contributed by atoms with E-state index in [-0.39, 0.29) is 7.11 Å². The zero-order chi connectivity index (χ0) is 25.5. The van der Waals surface area contributed by atoms with E-state index in [0.29, 0.717) is 0 Å². The molecule has 0 aromatic carbocycles. The third-order valence-electron chi connectivity index (χ3n) is 2.39. The van der Waals surface area contributed by atoms with Gasteiger partial charge in [-0.05, 0) is 0 Å². The molecule has 0 N–H and O–H groups in total. The van der Waals surface area contributed by atoms with E-state index in [4.69, 9.17) is 0 Å². The molecule has 0 bridgehead atoms. The van der Waals surface area contributed by atoms with Gasteiger partial charge in [0.25, 0.3) is 0 Å². The van der Waals surface area contributed by atoms with Gasteiger partial charge in [0.1, 0.15) is 0 Å². The molecule has 0 radical (unpaired) electrons. The van der Waals surface area contributed by atoms with Crippen LogP contribution in [0.4, 0.5) is 57.1 Å². The molecule has 0 aliphatic heterocycles. The molecule has 18 heteroatoms. The van der Waals surface area contributed by atoms with E-state index >= 15 is 0 Å². The van der Waals surface area contributed by atoms with Crippen LogP contribution in [0.2, 0.25) is 0 Å². The highest BCUT2D eigenvalue weighted by molar-refractivity contribution is 5.78. The predicted molar refractivity (Wildman–Crippen MR) is 70.7 cm³/mol. The summed E-state index contributed by atoms with van der Waals surface area (Å²) in [6.45, 7) is 6.51. The second-order valence-corrected chi connectivity index (χ2v) is 4.40. The van der Waals surface area contributed by atoms with Gasteiger partial charge in [-0.2, -0.15) is 57.1 Å². The van der Waals surface area contributed by atoms with Crippen molar-refractivity contribution in [2.24, 2.45) is 0 Å². The molecule has 0 amide bonds. The van der Waals surface area contributed by atoms with Crippen molar-refractivity contribution in [3.63, 3.8) is 0 Å². The van der Waals surface area contributed by atoms with Gasteiger partial charge < -0.3 is 14.2 Å². The van der Waals surface area contributed by atoms with Crippen LogP contribution in [0.5, 0.6) is 0 Å². The van der Waals surface area contributed by atoms with Crippen LogP contribution in [-0.2, 0) is 23.7 Å². The summed E-state index contributed by atoms with van der Waals surface area (Å²) in [6.07, 6.45) is -22.7. The average molecular weight is 492 g/mol. The molecule has 5 nitrogen and oxygen atoms in total. The number of rotatable bonds is 8. The molecular formula is C13H9F13O5. The fourth-order valence-electron chi connectivity index (χ4n) is 1.10. The maximum atomic E-state index is 13.5. The Labute approximate surface area is 163 Å². The average Bonchev–Trinajstić information content (AvgIpc) is 2.59. The van der Waals surface area contributed by atoms with E-state index in [1.165, 1.54) is 12.5 Å². The summed E-state index contributed by atoms with van der Waals surface area (Å²) in [5.74, 6) is -17.0. The number of methoxy groups -OCH3 is 1. The van der Waals surface area contributed by atoms with Crippen molar-refractivity contribution >= 4 is 5.97 Å². The highest BCUT2D eigenvalue weighted by Crippen LogP contribution is 2.52. The Morgan fingerprint density at radius 1 is 0.806 bits per heavy atom. The van der Waals surface area contributed by atoms with E-state index in [1.807, 2.05) is 9.47 Å². The number of esters is 1. The Bertz CT molecular complexity index is 662. The molecule has 0 heterocycles. The van der Waals surface area contributed by atoms with Gasteiger partial charge in [-0.15, -0.1) is 0 Å². The zero-order valence-electron chi connectivity index (χ0n) is 14.5. The van der Waals surface area contributed by atoms with Gasteiger partial charge in [0.15, 0.2) is 0 Å². The Hall–Kier alpha value is -2.66. The number of carbonyl (C=O) groups is 1. The molecule has 182 valence electrons. The molecule has 31 heavy (non-hydrogen) atoms. The van der Waals surface area contributed by atoms with Gasteiger partial charge in [0, 0.05) is 0 Å². The molecule has 0 aromatic heterocycles. The van der Waals surface area contributed by atoms with Gasteiger partial charge in [0.2, 0.25) is 0 Å². The van der Waals surface area contributed by atoms with Crippen LogP contribution in [0.1, 0.15) is 0 Å². The fourth-order valence-corrected chi connectivity index (χ4v) is 1.10. The SMILES string of the molecule is C=COC=C.COC(=O)C(F)(OC(F)(F)C(F)(OC(F)=C(F)F)C(F)(F)F)C(F)(F)F. The third-order valence-corrected chi connectivity index (χ3v) is 2.39. The van der Waals surface area contributed by atoms with Crippen molar-refractivity contribution in [1.29, 1.82) is 0 Å². The highest BCUT2D eigenvalue weighted by atomic mass is 19.4. The molecular weight excluding hydrogens is 483 g/mol. The van der Waals surface area contributed by atoms with Crippen LogP contribution in [0.15, 0.2) is 37.8 Å². The molecule has 0 aliphatic carbocycles. The number of carbonyl (C=O) groups excluding carboxylic acids is 1. The topological polar surface area (TPSA) is 54.0 Å². The van der Waals surface area contributed by atoms with Crippen LogP contribution in [0, 0.1) is 0 Å². The normalized spacial score (nSPS) is 15.8. The van der Waals surface area contributed by atoms with Crippen LogP contribution in [0.3, 0.4) is 0 Å². The summed E-state index contributed by atoms with van der Waals surface area (Å²) >= 11 is 0. The van der Waals surface area contributed by atoms with Crippen molar-refractivity contribution in [2.75, 3.05) is 7.11 Å². The molecule has 0 aromatic rings. The standard InChI is InChI=1S/C9H3F13O4.C4H6O/c1-24-4(23)5(13,7(15,16)17)26-9(21,22)6(14,8(18,19)20)25-3(12)2(10)11;1-3-5-4-2/h1H3;3-4H,1-2H2. The summed E-state index contributed by atoms with van der Waals surface area (Å²) in [4.78, 5) is 10.6. The van der Waals surface area contributed by atoms with Gasteiger partial charge in [-0.25, -0.2) is 4.79 Å². The Morgan fingerprint density at radius 3 is 1.45 bits per heavy atom. The van der Waals surface area contributed by atoms with Crippen molar-refractivity contribution in [2.45, 2.75) is 30.2 Å². The lowest BCUT2D eigenvalue weighted by atomic mass is 10.2. The smallest absolute Gasteiger partial charge is 0.470 e. The fraction of sp³-hybridized carbons (Fsp3) is 0.462. The van der Waals surface area contributed by atoms with Crippen molar-refractivity contribution in [3.8, 4) is 0 Å². The maximum Gasteiger partial charge on any atom is 0.470 e. The summed E-state index contributed by atoms with van der Waals surface area (Å²) < 4.78 is 175. The second-order valence-electron chi connectivity index (χ2n) is 4.40. The molecule has 0 rings (SSSR count). The Balaban J connectivity index is 0. The molecule has 0 spiro atoms. The molecule has 0 saturated carbocycles. The minimum Gasteiger partial charge on any atom is -0.474 e. The van der Waals surface area contributed by atoms with Crippen LogP contribution < -0.4 is 0 Å². The van der Waals surface area contributed by atoms with Crippen molar-refractivity contribution < 1.29 is 80.8 Å². The number of ether oxygens (including phenoxy) is 4. The molecule has 2 unspecified atom stereocenters. The Morgan fingerprint density at radius 2 is 1.23 bits per heavy atom. The molecule has 0 aliphatic rings. The number of halogens is 13. The van der Waals surface area contributed by atoms with Crippen LogP contribution in [-0.4, -0.2) is 43.2 Å². The predicted octanol–water partition coefficient (Wildman–Crippen LogP) is 5.57. The van der Waals surface area contributed by atoms with Crippen molar-refractivity contribution in [3.05, 3.63) is 37.8 Å².